The summed E-state index contributed by atoms with van der Waals surface area (Å²) in [6.07, 6.45) is 2.34. The smallest absolute Gasteiger partial charge is 0.233 e. The van der Waals surface area contributed by atoms with Gasteiger partial charge >= 0.3 is 0 Å². The molecule has 29 heavy (non-hydrogen) atoms. The number of carbonyl (C=O) groups is 1. The highest BCUT2D eigenvalue weighted by molar-refractivity contribution is 7.13. The Labute approximate surface area is 171 Å². The number of rotatable bonds is 4. The van der Waals surface area contributed by atoms with Crippen LogP contribution in [0.3, 0.4) is 0 Å². The van der Waals surface area contributed by atoms with Crippen molar-refractivity contribution in [3.8, 4) is 11.4 Å². The van der Waals surface area contributed by atoms with Crippen molar-refractivity contribution in [2.45, 2.75) is 19.3 Å². The molecule has 0 saturated carbocycles. The predicted molar refractivity (Wildman–Crippen MR) is 110 cm³/mol. The van der Waals surface area contributed by atoms with Gasteiger partial charge in [-0.25, -0.2) is 10.1 Å². The minimum atomic E-state index is -0.645. The maximum absolute atomic E-state index is 13.4. The summed E-state index contributed by atoms with van der Waals surface area (Å²) in [5.74, 6) is 0.496. The third-order valence-electron chi connectivity index (χ3n) is 5.57. The molecule has 0 saturated heterocycles. The van der Waals surface area contributed by atoms with Gasteiger partial charge in [-0.3, -0.25) is 4.79 Å². The van der Waals surface area contributed by atoms with Gasteiger partial charge in [0.1, 0.15) is 0 Å². The number of hydrogen-bond donors (Lipinski definition) is 2. The number of nitrogens with one attached hydrogen (secondary N) is 2. The SMILES string of the molecule is CC1(C(=O)Nc2nccs2)Cc2ccc(-c3nnn[nH]3)cc2C1c1ccccc1. The molecule has 8 heteroatoms. The van der Waals surface area contributed by atoms with Crippen LogP contribution in [0.4, 0.5) is 5.13 Å². The quantitative estimate of drug-likeness (QED) is 0.543. The topological polar surface area (TPSA) is 96.5 Å². The Morgan fingerprint density at radius 1 is 1.24 bits per heavy atom. The lowest BCUT2D eigenvalue weighted by Crippen LogP contribution is -2.37. The van der Waals surface area contributed by atoms with Gasteiger partial charge in [0.05, 0.1) is 5.41 Å². The Hall–Kier alpha value is -3.39. The Kier molecular flexibility index (Phi) is 4.21. The summed E-state index contributed by atoms with van der Waals surface area (Å²) in [5.41, 5.74) is 3.65. The molecular formula is C21H18N6OS. The molecule has 2 heterocycles. The number of H-pyrrole nitrogens is 1. The standard InChI is InChI=1S/C21H18N6OS/c1-21(19(28)23-20-22-9-10-29-20)12-15-8-7-14(18-24-26-27-25-18)11-16(15)17(21)13-5-3-2-4-6-13/h2-11,17H,12H2,1H3,(H,22,23,28)(H,24,25,26,27). The third-order valence-corrected chi connectivity index (χ3v) is 6.26. The molecule has 1 aliphatic carbocycles. The molecule has 2 aromatic carbocycles. The molecule has 2 N–H and O–H groups in total. The average Bonchev–Trinajstić information content (AvgIpc) is 3.48. The van der Waals surface area contributed by atoms with E-state index in [1.54, 1.807) is 6.20 Å². The predicted octanol–water partition coefficient (Wildman–Crippen LogP) is 3.66. The molecule has 144 valence electrons. The third kappa shape index (κ3) is 3.01. The number of benzene rings is 2. The van der Waals surface area contributed by atoms with Crippen molar-refractivity contribution >= 4 is 22.4 Å². The van der Waals surface area contributed by atoms with Crippen LogP contribution in [-0.2, 0) is 11.2 Å². The van der Waals surface area contributed by atoms with Crippen LogP contribution in [0.1, 0.15) is 29.5 Å². The van der Waals surface area contributed by atoms with E-state index in [0.29, 0.717) is 17.4 Å². The van der Waals surface area contributed by atoms with Crippen LogP contribution in [0.15, 0.2) is 60.1 Å². The second-order valence-electron chi connectivity index (χ2n) is 7.39. The summed E-state index contributed by atoms with van der Waals surface area (Å²) >= 11 is 1.42. The van der Waals surface area contributed by atoms with Crippen LogP contribution < -0.4 is 5.32 Å². The van der Waals surface area contributed by atoms with Gasteiger partial charge in [0.2, 0.25) is 5.91 Å². The molecule has 0 aliphatic heterocycles. The van der Waals surface area contributed by atoms with E-state index in [1.807, 2.05) is 36.6 Å². The number of aromatic amines is 1. The summed E-state index contributed by atoms with van der Waals surface area (Å²) < 4.78 is 0. The number of anilines is 1. The van der Waals surface area contributed by atoms with E-state index in [9.17, 15) is 4.79 Å². The minimum Gasteiger partial charge on any atom is -0.301 e. The number of thiazole rings is 1. The van der Waals surface area contributed by atoms with Crippen LogP contribution >= 0.6 is 11.3 Å². The van der Waals surface area contributed by atoms with E-state index in [4.69, 9.17) is 0 Å². The Morgan fingerprint density at radius 3 is 2.83 bits per heavy atom. The van der Waals surface area contributed by atoms with Crippen molar-refractivity contribution in [2.75, 3.05) is 5.32 Å². The highest BCUT2D eigenvalue weighted by Gasteiger charge is 2.49. The van der Waals surface area contributed by atoms with Crippen molar-refractivity contribution in [1.29, 1.82) is 0 Å². The normalized spacial score (nSPS) is 20.4. The van der Waals surface area contributed by atoms with Gasteiger partial charge in [-0.15, -0.1) is 16.4 Å². The number of aromatic nitrogens is 5. The van der Waals surface area contributed by atoms with E-state index in [0.717, 1.165) is 22.3 Å². The highest BCUT2D eigenvalue weighted by Crippen LogP contribution is 2.52. The number of fused-ring (bicyclic) bond motifs is 1. The zero-order chi connectivity index (χ0) is 19.8. The van der Waals surface area contributed by atoms with Crippen LogP contribution in [0.2, 0.25) is 0 Å². The molecule has 5 rings (SSSR count). The van der Waals surface area contributed by atoms with Crippen LogP contribution in [0.5, 0.6) is 0 Å². The van der Waals surface area contributed by atoms with Crippen molar-refractivity contribution in [3.05, 3.63) is 76.8 Å². The number of hydrogen-bond acceptors (Lipinski definition) is 6. The fourth-order valence-corrected chi connectivity index (χ4v) is 4.75. The Morgan fingerprint density at radius 2 is 2.10 bits per heavy atom. The van der Waals surface area contributed by atoms with Crippen LogP contribution in [0.25, 0.3) is 11.4 Å². The highest BCUT2D eigenvalue weighted by atomic mass is 32.1. The number of tetrazole rings is 1. The maximum Gasteiger partial charge on any atom is 0.233 e. The molecule has 2 atom stereocenters. The summed E-state index contributed by atoms with van der Waals surface area (Å²) in [6, 6.07) is 16.3. The zero-order valence-corrected chi connectivity index (χ0v) is 16.5. The number of carbonyl (C=O) groups excluding carboxylic acids is 1. The molecular weight excluding hydrogens is 384 g/mol. The van der Waals surface area contributed by atoms with Gasteiger partial charge in [-0.2, -0.15) is 0 Å². The largest absolute Gasteiger partial charge is 0.301 e. The second kappa shape index (κ2) is 6.89. The van der Waals surface area contributed by atoms with Crippen LogP contribution in [-0.4, -0.2) is 31.5 Å². The molecule has 0 bridgehead atoms. The fourth-order valence-electron chi connectivity index (χ4n) is 4.22. The van der Waals surface area contributed by atoms with E-state index < -0.39 is 5.41 Å². The summed E-state index contributed by atoms with van der Waals surface area (Å²) in [5, 5.41) is 19.7. The first kappa shape index (κ1) is 17.7. The lowest BCUT2D eigenvalue weighted by molar-refractivity contribution is -0.125. The van der Waals surface area contributed by atoms with E-state index >= 15 is 0 Å². The first-order valence-corrected chi connectivity index (χ1v) is 10.2. The first-order valence-electron chi connectivity index (χ1n) is 9.28. The summed E-state index contributed by atoms with van der Waals surface area (Å²) in [6.45, 7) is 2.03. The Balaban J connectivity index is 1.61. The van der Waals surface area contributed by atoms with Crippen molar-refractivity contribution in [1.82, 2.24) is 25.6 Å². The lowest BCUT2D eigenvalue weighted by atomic mass is 9.73. The molecule has 2 aromatic heterocycles. The minimum absolute atomic E-state index is 0.0274. The van der Waals surface area contributed by atoms with Crippen molar-refractivity contribution < 1.29 is 4.79 Å². The van der Waals surface area contributed by atoms with E-state index in [1.165, 1.54) is 11.3 Å². The molecule has 0 radical (unpaired) electrons. The summed E-state index contributed by atoms with van der Waals surface area (Å²) in [7, 11) is 0. The van der Waals surface area contributed by atoms with Gasteiger partial charge in [-0.1, -0.05) is 42.5 Å². The maximum atomic E-state index is 13.4. The van der Waals surface area contributed by atoms with Gasteiger partial charge in [0.25, 0.3) is 0 Å². The fraction of sp³-hybridized carbons (Fsp3) is 0.190. The average molecular weight is 402 g/mol. The first-order chi connectivity index (χ1) is 14.1. The number of nitrogens with zero attached hydrogens (tertiary/aromatic N) is 4. The number of amides is 1. The molecule has 1 amide bonds. The molecule has 0 spiro atoms. The van der Waals surface area contributed by atoms with Crippen molar-refractivity contribution in [3.63, 3.8) is 0 Å². The van der Waals surface area contributed by atoms with Gasteiger partial charge in [0.15, 0.2) is 11.0 Å². The van der Waals surface area contributed by atoms with Gasteiger partial charge < -0.3 is 5.32 Å². The lowest BCUT2D eigenvalue weighted by Gasteiger charge is -2.31. The van der Waals surface area contributed by atoms with Gasteiger partial charge in [0, 0.05) is 23.1 Å². The molecule has 0 fully saturated rings. The monoisotopic (exact) mass is 402 g/mol. The summed E-state index contributed by atoms with van der Waals surface area (Å²) in [4.78, 5) is 17.6. The van der Waals surface area contributed by atoms with E-state index in [2.05, 4.69) is 55.2 Å². The molecule has 7 nitrogen and oxygen atoms in total. The van der Waals surface area contributed by atoms with Crippen molar-refractivity contribution in [2.24, 2.45) is 5.41 Å². The van der Waals surface area contributed by atoms with E-state index in [-0.39, 0.29) is 11.8 Å². The molecule has 2 unspecified atom stereocenters. The Bertz CT molecular complexity index is 1140. The molecule has 1 aliphatic rings. The zero-order valence-electron chi connectivity index (χ0n) is 15.7. The van der Waals surface area contributed by atoms with Crippen LogP contribution in [0, 0.1) is 5.41 Å². The van der Waals surface area contributed by atoms with Gasteiger partial charge in [-0.05, 0) is 46.5 Å². The second-order valence-corrected chi connectivity index (χ2v) is 8.29. The molecule has 4 aromatic rings.